The Kier molecular flexibility index (Phi) is 9.23. The first kappa shape index (κ1) is 39.4. The Hall–Kier alpha value is -8.92. The van der Waals surface area contributed by atoms with Crippen LogP contribution in [0.25, 0.3) is 99.3 Å². The molecule has 0 saturated carbocycles. The second-order valence-electron chi connectivity index (χ2n) is 17.8. The van der Waals surface area contributed by atoms with Gasteiger partial charge in [0.25, 0.3) is 0 Å². The molecule has 11 aromatic carbocycles. The van der Waals surface area contributed by atoms with Crippen LogP contribution in [0.15, 0.2) is 237 Å². The monoisotopic (exact) mass is 868 g/mol. The van der Waals surface area contributed by atoms with E-state index in [4.69, 9.17) is 4.74 Å². The van der Waals surface area contributed by atoms with Crippen LogP contribution in [0, 0.1) is 6.92 Å². The standard InChI is InChI=1S/C65H44N2O/c1-3-4-18-54-42(2)13-12-21-55(54)46-24-31-52(32-25-46)66-61-36-30-51(41-63(61)68-65-57-20-11-9-17-45(57)28-37-62(65)66)50-29-35-60-59(40-50)58-34-27-44-16-8-10-19-56(44)64(58)67(60)53-33-26-48-38-47(22-23-49(48)39-53)43-14-6-5-7-15-43/h3-41H,1H2,2H3/b18-4-. The molecule has 0 amide bonds. The van der Waals surface area contributed by atoms with Gasteiger partial charge in [-0.25, -0.2) is 0 Å². The van der Waals surface area contributed by atoms with Crippen LogP contribution < -0.4 is 9.64 Å². The lowest BCUT2D eigenvalue weighted by molar-refractivity contribution is 0.483. The van der Waals surface area contributed by atoms with E-state index in [9.17, 15) is 0 Å². The van der Waals surface area contributed by atoms with Crippen LogP contribution in [-0.2, 0) is 0 Å². The Morgan fingerprint density at radius 1 is 0.441 bits per heavy atom. The van der Waals surface area contributed by atoms with E-state index in [1.54, 1.807) is 0 Å². The van der Waals surface area contributed by atoms with E-state index < -0.39 is 0 Å². The van der Waals surface area contributed by atoms with E-state index in [0.29, 0.717) is 0 Å². The summed E-state index contributed by atoms with van der Waals surface area (Å²) in [4.78, 5) is 2.34. The van der Waals surface area contributed by atoms with E-state index in [0.717, 1.165) is 61.7 Å². The largest absolute Gasteiger partial charge is 0.452 e. The van der Waals surface area contributed by atoms with Crippen LogP contribution >= 0.6 is 0 Å². The summed E-state index contributed by atoms with van der Waals surface area (Å²) in [6.07, 6.45) is 5.98. The van der Waals surface area contributed by atoms with Crippen LogP contribution in [0.3, 0.4) is 0 Å². The number of fused-ring (bicyclic) bond motifs is 10. The maximum atomic E-state index is 7.04. The van der Waals surface area contributed by atoms with Crippen molar-refractivity contribution in [1.82, 2.24) is 4.57 Å². The molecule has 1 aliphatic rings. The van der Waals surface area contributed by atoms with E-state index >= 15 is 0 Å². The molecule has 12 aromatic rings. The number of hydrogen-bond donors (Lipinski definition) is 0. The molecule has 320 valence electrons. The number of nitrogens with zero attached hydrogens (tertiary/aromatic N) is 2. The van der Waals surface area contributed by atoms with Gasteiger partial charge >= 0.3 is 0 Å². The average Bonchev–Trinajstić information content (AvgIpc) is 3.74. The fraction of sp³-hybridized carbons (Fsp3) is 0.0154. The molecular weight excluding hydrogens is 825 g/mol. The molecule has 1 aromatic heterocycles. The number of rotatable bonds is 7. The van der Waals surface area contributed by atoms with Gasteiger partial charge in [-0.15, -0.1) is 0 Å². The summed E-state index contributed by atoms with van der Waals surface area (Å²) in [5.41, 5.74) is 16.0. The Morgan fingerprint density at radius 2 is 1.09 bits per heavy atom. The Balaban J connectivity index is 0.937. The molecule has 0 aliphatic carbocycles. The number of allylic oxidation sites excluding steroid dienone is 2. The van der Waals surface area contributed by atoms with Gasteiger partial charge in [0.05, 0.1) is 22.4 Å². The zero-order valence-electron chi connectivity index (χ0n) is 37.5. The van der Waals surface area contributed by atoms with Crippen molar-refractivity contribution in [2.24, 2.45) is 0 Å². The molecule has 1 aliphatic heterocycles. The summed E-state index contributed by atoms with van der Waals surface area (Å²) in [5.74, 6) is 1.66. The van der Waals surface area contributed by atoms with Gasteiger partial charge in [-0.3, -0.25) is 0 Å². The van der Waals surface area contributed by atoms with E-state index in [1.165, 1.54) is 71.2 Å². The van der Waals surface area contributed by atoms with Gasteiger partial charge in [-0.05, 0) is 134 Å². The smallest absolute Gasteiger partial charge is 0.159 e. The normalized spacial score (nSPS) is 12.3. The third kappa shape index (κ3) is 6.43. The molecule has 3 heteroatoms. The summed E-state index contributed by atoms with van der Waals surface area (Å²) in [7, 11) is 0. The Labute approximate surface area is 395 Å². The van der Waals surface area contributed by atoms with Gasteiger partial charge in [0, 0.05) is 32.9 Å². The van der Waals surface area contributed by atoms with Crippen LogP contribution in [0.2, 0.25) is 0 Å². The molecule has 2 heterocycles. The predicted molar refractivity (Wildman–Crippen MR) is 288 cm³/mol. The molecule has 13 rings (SSSR count). The Morgan fingerprint density at radius 3 is 1.94 bits per heavy atom. The van der Waals surface area contributed by atoms with E-state index in [-0.39, 0.29) is 0 Å². The number of benzene rings is 11. The van der Waals surface area contributed by atoms with Gasteiger partial charge in [0.1, 0.15) is 0 Å². The number of aromatic nitrogens is 1. The topological polar surface area (TPSA) is 17.4 Å². The first-order valence-electron chi connectivity index (χ1n) is 23.3. The zero-order chi connectivity index (χ0) is 45.3. The maximum Gasteiger partial charge on any atom is 0.159 e. The van der Waals surface area contributed by atoms with Crippen LogP contribution in [-0.4, -0.2) is 4.57 Å². The third-order valence-corrected chi connectivity index (χ3v) is 13.8. The van der Waals surface area contributed by atoms with Crippen molar-refractivity contribution in [2.75, 3.05) is 4.90 Å². The lowest BCUT2D eigenvalue weighted by atomic mass is 9.95. The van der Waals surface area contributed by atoms with Gasteiger partial charge in [0.15, 0.2) is 11.5 Å². The average molecular weight is 869 g/mol. The number of hydrogen-bond acceptors (Lipinski definition) is 2. The molecule has 0 unspecified atom stereocenters. The molecule has 0 saturated heterocycles. The highest BCUT2D eigenvalue weighted by Crippen LogP contribution is 2.54. The molecule has 0 N–H and O–H groups in total. The molecule has 3 nitrogen and oxygen atoms in total. The lowest BCUT2D eigenvalue weighted by Crippen LogP contribution is -2.16. The number of ether oxygens (including phenoxy) is 1. The van der Waals surface area contributed by atoms with Crippen LogP contribution in [0.1, 0.15) is 11.1 Å². The van der Waals surface area contributed by atoms with Crippen molar-refractivity contribution < 1.29 is 4.74 Å². The lowest BCUT2D eigenvalue weighted by Gasteiger charge is -2.34. The molecule has 0 radical (unpaired) electrons. The van der Waals surface area contributed by atoms with Crippen molar-refractivity contribution in [3.05, 3.63) is 248 Å². The van der Waals surface area contributed by atoms with Gasteiger partial charge in [-0.1, -0.05) is 183 Å². The highest BCUT2D eigenvalue weighted by molar-refractivity contribution is 6.19. The highest BCUT2D eigenvalue weighted by Gasteiger charge is 2.28. The summed E-state index contributed by atoms with van der Waals surface area (Å²) >= 11 is 0. The quantitative estimate of drug-likeness (QED) is 0.149. The second-order valence-corrected chi connectivity index (χ2v) is 17.8. The predicted octanol–water partition coefficient (Wildman–Crippen LogP) is 18.3. The van der Waals surface area contributed by atoms with Crippen LogP contribution in [0.4, 0.5) is 17.1 Å². The van der Waals surface area contributed by atoms with E-state index in [1.807, 2.05) is 12.2 Å². The zero-order valence-corrected chi connectivity index (χ0v) is 37.5. The molecule has 68 heavy (non-hydrogen) atoms. The summed E-state index contributed by atoms with van der Waals surface area (Å²) in [5, 5.41) is 9.52. The van der Waals surface area contributed by atoms with Gasteiger partial charge in [0.2, 0.25) is 0 Å². The van der Waals surface area contributed by atoms with Crippen LogP contribution in [0.5, 0.6) is 11.5 Å². The molecular formula is C65H44N2O. The van der Waals surface area contributed by atoms with Crippen molar-refractivity contribution >= 4 is 77.3 Å². The maximum absolute atomic E-state index is 7.04. The molecule has 0 atom stereocenters. The fourth-order valence-electron chi connectivity index (χ4n) is 10.5. The van der Waals surface area contributed by atoms with Crippen molar-refractivity contribution in [1.29, 1.82) is 0 Å². The first-order chi connectivity index (χ1) is 33.6. The minimum Gasteiger partial charge on any atom is -0.452 e. The summed E-state index contributed by atoms with van der Waals surface area (Å²) in [6, 6.07) is 79.4. The first-order valence-corrected chi connectivity index (χ1v) is 23.3. The third-order valence-electron chi connectivity index (χ3n) is 13.8. The number of anilines is 3. The molecule has 0 spiro atoms. The minimum absolute atomic E-state index is 0.811. The number of aryl methyl sites for hydroxylation is 1. The highest BCUT2D eigenvalue weighted by atomic mass is 16.5. The summed E-state index contributed by atoms with van der Waals surface area (Å²) in [6.45, 7) is 6.06. The van der Waals surface area contributed by atoms with E-state index in [2.05, 4.69) is 247 Å². The fourth-order valence-corrected chi connectivity index (χ4v) is 10.5. The van der Waals surface area contributed by atoms with Crippen molar-refractivity contribution in [3.63, 3.8) is 0 Å². The Bertz CT molecular complexity index is 4030. The second kappa shape index (κ2) is 15.9. The van der Waals surface area contributed by atoms with Crippen molar-refractivity contribution in [3.8, 4) is 50.6 Å². The summed E-state index contributed by atoms with van der Waals surface area (Å²) < 4.78 is 9.50. The molecule has 0 bridgehead atoms. The van der Waals surface area contributed by atoms with Gasteiger partial charge < -0.3 is 14.2 Å². The SMILES string of the molecule is C=C/C=C\c1c(C)cccc1-c1ccc(N2c3ccc(-c4ccc5c(c4)c4ccc6ccccc6c4n5-c4ccc5cc(-c6ccccc6)ccc5c4)cc3Oc3c2ccc2ccccc32)cc1. The molecule has 0 fully saturated rings. The van der Waals surface area contributed by atoms with Gasteiger partial charge in [-0.2, -0.15) is 0 Å². The van der Waals surface area contributed by atoms with Crippen molar-refractivity contribution in [2.45, 2.75) is 6.92 Å². The minimum atomic E-state index is 0.811.